The number of rotatable bonds is 4. The number of halogens is 1. The van der Waals surface area contributed by atoms with E-state index in [1.165, 1.54) is 12.2 Å². The molecular formula is C12H11ClO4. The normalized spacial score (nSPS) is 10.4. The summed E-state index contributed by atoms with van der Waals surface area (Å²) >= 11 is 0. The van der Waals surface area contributed by atoms with Crippen LogP contribution in [0.5, 0.6) is 0 Å². The van der Waals surface area contributed by atoms with Gasteiger partial charge in [0.15, 0.2) is 0 Å². The van der Waals surface area contributed by atoms with Gasteiger partial charge in [0, 0.05) is 12.2 Å². The highest BCUT2D eigenvalue weighted by Crippen LogP contribution is 2.07. The van der Waals surface area contributed by atoms with Crippen LogP contribution < -0.4 is 0 Å². The third kappa shape index (κ3) is 6.17. The predicted octanol–water partition coefficient (Wildman–Crippen LogP) is 2.30. The van der Waals surface area contributed by atoms with E-state index in [2.05, 4.69) is 0 Å². The van der Waals surface area contributed by atoms with Crippen LogP contribution in [0.15, 0.2) is 36.4 Å². The van der Waals surface area contributed by atoms with Gasteiger partial charge in [0.2, 0.25) is 0 Å². The molecular weight excluding hydrogens is 244 g/mol. The van der Waals surface area contributed by atoms with Gasteiger partial charge in [-0.05, 0) is 23.3 Å². The minimum atomic E-state index is -1.00. The lowest BCUT2D eigenvalue weighted by Crippen LogP contribution is -1.86. The first-order chi connectivity index (χ1) is 7.58. The zero-order valence-electron chi connectivity index (χ0n) is 8.74. The molecule has 0 saturated carbocycles. The molecule has 0 atom stereocenters. The van der Waals surface area contributed by atoms with Crippen LogP contribution in [-0.4, -0.2) is 22.2 Å². The molecule has 0 heterocycles. The average Bonchev–Trinajstić information content (AvgIpc) is 2.25. The zero-order chi connectivity index (χ0) is 12.0. The Morgan fingerprint density at radius 2 is 1.12 bits per heavy atom. The summed E-state index contributed by atoms with van der Waals surface area (Å²) in [6.45, 7) is 0. The monoisotopic (exact) mass is 254 g/mol. The Balaban J connectivity index is 0.00000256. The number of carbonyl (C=O) groups is 2. The largest absolute Gasteiger partial charge is 0.478 e. The van der Waals surface area contributed by atoms with Crippen LogP contribution in [0.25, 0.3) is 12.2 Å². The fraction of sp³-hybridized carbons (Fsp3) is 0. The minimum absolute atomic E-state index is 0. The summed E-state index contributed by atoms with van der Waals surface area (Å²) in [5.74, 6) is -2.01. The van der Waals surface area contributed by atoms with Crippen molar-refractivity contribution in [3.63, 3.8) is 0 Å². The summed E-state index contributed by atoms with van der Waals surface area (Å²) in [5.41, 5.74) is 1.49. The second-order valence-electron chi connectivity index (χ2n) is 3.01. The van der Waals surface area contributed by atoms with Crippen molar-refractivity contribution >= 4 is 36.5 Å². The molecule has 0 spiro atoms. The molecule has 0 radical (unpaired) electrons. The quantitative estimate of drug-likeness (QED) is 0.809. The van der Waals surface area contributed by atoms with Crippen molar-refractivity contribution in [1.29, 1.82) is 0 Å². The molecule has 0 aliphatic carbocycles. The topological polar surface area (TPSA) is 74.6 Å². The summed E-state index contributed by atoms with van der Waals surface area (Å²) in [6, 6.07) is 6.84. The number of benzene rings is 1. The molecule has 4 nitrogen and oxygen atoms in total. The number of hydrogen-bond donors (Lipinski definition) is 2. The van der Waals surface area contributed by atoms with Crippen LogP contribution in [0, 0.1) is 0 Å². The lowest BCUT2D eigenvalue weighted by atomic mass is 10.1. The third-order valence-corrected chi connectivity index (χ3v) is 1.77. The lowest BCUT2D eigenvalue weighted by Gasteiger charge is -1.94. The van der Waals surface area contributed by atoms with Gasteiger partial charge in [-0.15, -0.1) is 12.4 Å². The Morgan fingerprint density at radius 3 is 1.35 bits per heavy atom. The van der Waals surface area contributed by atoms with E-state index in [0.717, 1.165) is 23.3 Å². The summed E-state index contributed by atoms with van der Waals surface area (Å²) in [6.07, 6.45) is 5.02. The third-order valence-electron chi connectivity index (χ3n) is 1.77. The molecule has 1 aromatic rings. The number of carboxylic acid groups (broad SMARTS) is 2. The molecule has 5 heteroatoms. The van der Waals surface area contributed by atoms with E-state index in [-0.39, 0.29) is 12.4 Å². The fourth-order valence-corrected chi connectivity index (χ4v) is 1.05. The SMILES string of the molecule is Cl.O=C(O)C=Cc1ccc(C=CC(=O)O)cc1. The lowest BCUT2D eigenvalue weighted by molar-refractivity contribution is -0.132. The van der Waals surface area contributed by atoms with Crippen molar-refractivity contribution in [2.75, 3.05) is 0 Å². The Labute approximate surface area is 104 Å². The van der Waals surface area contributed by atoms with Crippen LogP contribution in [0.3, 0.4) is 0 Å². The minimum Gasteiger partial charge on any atom is -0.478 e. The van der Waals surface area contributed by atoms with E-state index < -0.39 is 11.9 Å². The van der Waals surface area contributed by atoms with Gasteiger partial charge in [0.25, 0.3) is 0 Å². The summed E-state index contributed by atoms with van der Waals surface area (Å²) in [7, 11) is 0. The number of hydrogen-bond acceptors (Lipinski definition) is 2. The first-order valence-corrected chi connectivity index (χ1v) is 4.50. The van der Waals surface area contributed by atoms with Gasteiger partial charge in [-0.1, -0.05) is 24.3 Å². The van der Waals surface area contributed by atoms with Gasteiger partial charge in [-0.25, -0.2) is 9.59 Å². The molecule has 17 heavy (non-hydrogen) atoms. The number of carboxylic acids is 2. The first kappa shape index (κ1) is 14.9. The van der Waals surface area contributed by atoms with Crippen LogP contribution in [-0.2, 0) is 9.59 Å². The van der Waals surface area contributed by atoms with Gasteiger partial charge >= 0.3 is 11.9 Å². The first-order valence-electron chi connectivity index (χ1n) is 4.50. The average molecular weight is 255 g/mol. The summed E-state index contributed by atoms with van der Waals surface area (Å²) in [5, 5.41) is 16.8. The molecule has 0 saturated heterocycles. The van der Waals surface area contributed by atoms with E-state index in [1.54, 1.807) is 24.3 Å². The second-order valence-corrected chi connectivity index (χ2v) is 3.01. The highest BCUT2D eigenvalue weighted by atomic mass is 35.5. The van der Waals surface area contributed by atoms with Crippen LogP contribution >= 0.6 is 12.4 Å². The molecule has 1 rings (SSSR count). The van der Waals surface area contributed by atoms with Crippen molar-refractivity contribution in [1.82, 2.24) is 0 Å². The van der Waals surface area contributed by atoms with E-state index in [1.807, 2.05) is 0 Å². The standard InChI is InChI=1S/C12H10O4.ClH/c13-11(14)7-5-9-1-2-10(4-3-9)6-8-12(15)16;/h1-8H,(H,13,14)(H,15,16);1H. The van der Waals surface area contributed by atoms with Crippen LogP contribution in [0.2, 0.25) is 0 Å². The van der Waals surface area contributed by atoms with Gasteiger partial charge < -0.3 is 10.2 Å². The van der Waals surface area contributed by atoms with Crippen molar-refractivity contribution in [2.45, 2.75) is 0 Å². The van der Waals surface area contributed by atoms with Gasteiger partial charge in [0.05, 0.1) is 0 Å². The van der Waals surface area contributed by atoms with E-state index >= 15 is 0 Å². The maximum atomic E-state index is 10.3. The smallest absolute Gasteiger partial charge is 0.328 e. The molecule has 0 aliphatic heterocycles. The van der Waals surface area contributed by atoms with Crippen molar-refractivity contribution in [3.8, 4) is 0 Å². The molecule has 0 bridgehead atoms. The van der Waals surface area contributed by atoms with E-state index in [0.29, 0.717) is 0 Å². The summed E-state index contributed by atoms with van der Waals surface area (Å²) < 4.78 is 0. The molecule has 90 valence electrons. The van der Waals surface area contributed by atoms with E-state index in [9.17, 15) is 9.59 Å². The maximum absolute atomic E-state index is 10.3. The van der Waals surface area contributed by atoms with Gasteiger partial charge in [0.1, 0.15) is 0 Å². The molecule has 1 aromatic carbocycles. The fourth-order valence-electron chi connectivity index (χ4n) is 1.05. The van der Waals surface area contributed by atoms with Crippen molar-refractivity contribution in [2.24, 2.45) is 0 Å². The summed E-state index contributed by atoms with van der Waals surface area (Å²) in [4.78, 5) is 20.5. The van der Waals surface area contributed by atoms with Crippen LogP contribution in [0.4, 0.5) is 0 Å². The highest BCUT2D eigenvalue weighted by Gasteiger charge is 1.91. The molecule has 0 amide bonds. The maximum Gasteiger partial charge on any atom is 0.328 e. The molecule has 0 aromatic heterocycles. The second kappa shape index (κ2) is 7.24. The molecule has 0 fully saturated rings. The molecule has 0 aliphatic rings. The van der Waals surface area contributed by atoms with Crippen LogP contribution in [0.1, 0.15) is 11.1 Å². The van der Waals surface area contributed by atoms with E-state index in [4.69, 9.17) is 10.2 Å². The number of aliphatic carboxylic acids is 2. The Morgan fingerprint density at radius 1 is 0.824 bits per heavy atom. The van der Waals surface area contributed by atoms with Gasteiger partial charge in [-0.2, -0.15) is 0 Å². The Bertz CT molecular complexity index is 403. The predicted molar refractivity (Wildman–Crippen MR) is 67.0 cm³/mol. The van der Waals surface area contributed by atoms with Crippen molar-refractivity contribution < 1.29 is 19.8 Å². The molecule has 0 unspecified atom stereocenters. The Kier molecular flexibility index (Phi) is 6.36. The molecule has 2 N–H and O–H groups in total. The Hall–Kier alpha value is -2.07. The van der Waals surface area contributed by atoms with Gasteiger partial charge in [-0.3, -0.25) is 0 Å². The highest BCUT2D eigenvalue weighted by molar-refractivity contribution is 5.86. The van der Waals surface area contributed by atoms with Crippen molar-refractivity contribution in [3.05, 3.63) is 47.5 Å². The zero-order valence-corrected chi connectivity index (χ0v) is 9.55.